The summed E-state index contributed by atoms with van der Waals surface area (Å²) >= 11 is 13.8. The first kappa shape index (κ1) is 32.1. The number of carbonyl (C=O) groups is 2. The van der Waals surface area contributed by atoms with Crippen LogP contribution in [0.1, 0.15) is 70.5 Å². The molecule has 1 spiro atoms. The zero-order valence-electron chi connectivity index (χ0n) is 26.7. The first-order chi connectivity index (χ1) is 21.9. The molecule has 0 bridgehead atoms. The number of benzene rings is 2. The smallest absolute Gasteiger partial charge is 0.248 e. The number of aliphatic imine (C=N–C) groups is 1. The van der Waals surface area contributed by atoms with E-state index in [1.165, 1.54) is 17.8 Å². The summed E-state index contributed by atoms with van der Waals surface area (Å²) in [7, 11) is 0. The highest BCUT2D eigenvalue weighted by atomic mass is 35.5. The minimum Gasteiger partial charge on any atom is -0.338 e. The van der Waals surface area contributed by atoms with Gasteiger partial charge >= 0.3 is 0 Å². The Morgan fingerprint density at radius 2 is 1.85 bits per heavy atom. The van der Waals surface area contributed by atoms with Crippen LogP contribution in [0.3, 0.4) is 0 Å². The lowest BCUT2D eigenvalue weighted by Gasteiger charge is -2.39. The summed E-state index contributed by atoms with van der Waals surface area (Å²) in [5, 5.41) is 4.92. The van der Waals surface area contributed by atoms with Crippen molar-refractivity contribution < 1.29 is 14.0 Å². The highest BCUT2D eigenvalue weighted by Crippen LogP contribution is 2.56. The summed E-state index contributed by atoms with van der Waals surface area (Å²) in [4.78, 5) is 41.4. The van der Waals surface area contributed by atoms with Gasteiger partial charge in [-0.05, 0) is 99.1 Å². The maximum Gasteiger partial charge on any atom is 0.248 e. The zero-order chi connectivity index (χ0) is 32.5. The molecule has 1 saturated carbocycles. The molecule has 46 heavy (non-hydrogen) atoms. The van der Waals surface area contributed by atoms with Crippen molar-refractivity contribution in [2.24, 2.45) is 10.9 Å². The van der Waals surface area contributed by atoms with E-state index in [1.54, 1.807) is 6.07 Å². The van der Waals surface area contributed by atoms with Gasteiger partial charge in [-0.2, -0.15) is 0 Å². The summed E-state index contributed by atoms with van der Waals surface area (Å²) in [6.07, 6.45) is 4.02. The Kier molecular flexibility index (Phi) is 8.32. The average molecular weight is 685 g/mol. The molecule has 2 aromatic rings. The Hall–Kier alpha value is -2.43. The second kappa shape index (κ2) is 11.9. The molecule has 4 atom stereocenters. The van der Waals surface area contributed by atoms with Crippen LogP contribution in [0.5, 0.6) is 0 Å². The van der Waals surface area contributed by atoms with Crippen LogP contribution in [0.4, 0.5) is 4.39 Å². The van der Waals surface area contributed by atoms with Crippen molar-refractivity contribution in [1.82, 2.24) is 20.0 Å². The molecule has 1 amide bonds. The second-order valence-corrected chi connectivity index (χ2v) is 15.7. The number of thioether (sulfide) groups is 1. The standard InChI is InChI=1S/C35H40Cl2FN5O2S/c1-20(2)27-30(29(44)28(42-16-5-6-21(42)3)32(45)41-17-15-39-35(19-41)13-14-35)46-33-40-34(4,23-8-10-24(36)11-9-23)31(43(27)33)22-7-12-25(37)26(38)18-22/h7-12,18,20-21,28,31,39H,5-6,13-17,19H2,1-4H3/t21-,28?,31-,34+/m1/s1. The first-order valence-corrected chi connectivity index (χ1v) is 17.9. The van der Waals surface area contributed by atoms with E-state index in [1.807, 2.05) is 42.2 Å². The molecular weight excluding hydrogens is 644 g/mol. The van der Waals surface area contributed by atoms with Gasteiger partial charge in [0.1, 0.15) is 11.4 Å². The number of hydrogen-bond donors (Lipinski definition) is 1. The highest BCUT2D eigenvalue weighted by Gasteiger charge is 2.55. The molecule has 1 aliphatic carbocycles. The van der Waals surface area contributed by atoms with Crippen molar-refractivity contribution in [2.45, 2.75) is 82.6 Å². The lowest BCUT2D eigenvalue weighted by Crippen LogP contribution is -2.60. The van der Waals surface area contributed by atoms with Gasteiger partial charge in [0, 0.05) is 41.9 Å². The van der Waals surface area contributed by atoms with Gasteiger partial charge in [-0.1, -0.05) is 55.2 Å². The van der Waals surface area contributed by atoms with E-state index >= 15 is 4.39 Å². The fourth-order valence-corrected chi connectivity index (χ4v) is 9.41. The Morgan fingerprint density at radius 3 is 2.48 bits per heavy atom. The van der Waals surface area contributed by atoms with Crippen LogP contribution in [0.25, 0.3) is 0 Å². The summed E-state index contributed by atoms with van der Waals surface area (Å²) < 4.78 is 15.1. The van der Waals surface area contributed by atoms with E-state index in [0.29, 0.717) is 40.3 Å². The normalized spacial score (nSPS) is 27.9. The summed E-state index contributed by atoms with van der Waals surface area (Å²) in [5.41, 5.74) is 1.62. The molecule has 4 heterocycles. The SMILES string of the molecule is CC(C)C1=C(C(=O)C(C(=O)N2CCNC3(CC3)C2)N2CCC[C@H]2C)SC2=N[C@@](C)(c3ccc(Cl)cc3)[C@@H](c3ccc(Cl)c(F)c3)N21. The van der Waals surface area contributed by atoms with E-state index < -0.39 is 23.4 Å². The van der Waals surface area contributed by atoms with E-state index in [2.05, 4.69) is 35.9 Å². The maximum atomic E-state index is 15.1. The predicted molar refractivity (Wildman–Crippen MR) is 182 cm³/mol. The fraction of sp³-hybridized carbons (Fsp3) is 0.514. The molecule has 244 valence electrons. The Labute approximate surface area is 284 Å². The number of nitrogens with one attached hydrogen (secondary N) is 1. The molecule has 1 N–H and O–H groups in total. The number of rotatable bonds is 7. The van der Waals surface area contributed by atoms with Crippen LogP contribution in [0.2, 0.25) is 10.0 Å². The monoisotopic (exact) mass is 683 g/mol. The number of carbonyl (C=O) groups excluding carboxylic acids is 2. The maximum absolute atomic E-state index is 15.1. The molecule has 11 heteroatoms. The molecule has 7 rings (SSSR count). The summed E-state index contributed by atoms with van der Waals surface area (Å²) in [6, 6.07) is 11.2. The highest BCUT2D eigenvalue weighted by molar-refractivity contribution is 8.18. The number of piperazine rings is 1. The number of fused-ring (bicyclic) bond motifs is 1. The van der Waals surface area contributed by atoms with Crippen molar-refractivity contribution in [2.75, 3.05) is 26.2 Å². The van der Waals surface area contributed by atoms with Crippen LogP contribution in [0.15, 0.2) is 58.1 Å². The van der Waals surface area contributed by atoms with Crippen molar-refractivity contribution in [3.05, 3.63) is 80.1 Å². The van der Waals surface area contributed by atoms with Gasteiger partial charge in [0.2, 0.25) is 5.91 Å². The van der Waals surface area contributed by atoms with Crippen molar-refractivity contribution in [1.29, 1.82) is 0 Å². The second-order valence-electron chi connectivity index (χ2n) is 13.9. The number of Topliss-reactive ketones (excluding diaryl/α,β-unsaturated/α-hetero) is 1. The number of nitrogens with zero attached hydrogens (tertiary/aromatic N) is 4. The Bertz CT molecular complexity index is 1640. The van der Waals surface area contributed by atoms with E-state index in [4.69, 9.17) is 28.2 Å². The minimum atomic E-state index is -0.891. The summed E-state index contributed by atoms with van der Waals surface area (Å²) in [6.45, 7) is 11.0. The topological polar surface area (TPSA) is 68.2 Å². The molecule has 0 aromatic heterocycles. The molecule has 2 aromatic carbocycles. The predicted octanol–water partition coefficient (Wildman–Crippen LogP) is 6.76. The van der Waals surface area contributed by atoms with Gasteiger partial charge < -0.3 is 15.1 Å². The van der Waals surface area contributed by atoms with Crippen molar-refractivity contribution >= 4 is 51.8 Å². The Morgan fingerprint density at radius 1 is 1.11 bits per heavy atom. The molecule has 4 aliphatic heterocycles. The van der Waals surface area contributed by atoms with Gasteiger partial charge in [-0.3, -0.25) is 14.5 Å². The van der Waals surface area contributed by atoms with Crippen LogP contribution in [0, 0.1) is 11.7 Å². The van der Waals surface area contributed by atoms with Crippen LogP contribution >= 0.6 is 35.0 Å². The number of amides is 1. The third kappa shape index (κ3) is 5.40. The third-order valence-corrected chi connectivity index (χ3v) is 12.1. The van der Waals surface area contributed by atoms with Crippen LogP contribution in [-0.2, 0) is 15.1 Å². The molecule has 3 fully saturated rings. The van der Waals surface area contributed by atoms with Gasteiger partial charge in [-0.15, -0.1) is 0 Å². The average Bonchev–Trinajstić information content (AvgIpc) is 3.31. The number of halogens is 3. The molecule has 1 unspecified atom stereocenters. The zero-order valence-corrected chi connectivity index (χ0v) is 29.0. The number of amidine groups is 1. The van der Waals surface area contributed by atoms with E-state index in [0.717, 1.165) is 43.5 Å². The van der Waals surface area contributed by atoms with Crippen molar-refractivity contribution in [3.63, 3.8) is 0 Å². The van der Waals surface area contributed by atoms with Gasteiger partial charge in [0.25, 0.3) is 0 Å². The molecule has 7 nitrogen and oxygen atoms in total. The number of likely N-dealkylation sites (tertiary alicyclic amines) is 1. The van der Waals surface area contributed by atoms with E-state index in [9.17, 15) is 9.59 Å². The number of allylic oxidation sites excluding steroid dienone is 1. The first-order valence-electron chi connectivity index (χ1n) is 16.3. The fourth-order valence-electron chi connectivity index (χ4n) is 7.80. The molecule has 5 aliphatic rings. The Balaban J connectivity index is 1.32. The van der Waals surface area contributed by atoms with Gasteiger partial charge in [0.15, 0.2) is 17.0 Å². The van der Waals surface area contributed by atoms with Gasteiger partial charge in [0.05, 0.1) is 16.0 Å². The number of hydrogen-bond acceptors (Lipinski definition) is 7. The third-order valence-electron chi connectivity index (χ3n) is 10.4. The van der Waals surface area contributed by atoms with Crippen LogP contribution in [-0.4, -0.2) is 75.4 Å². The molecule has 2 saturated heterocycles. The van der Waals surface area contributed by atoms with Crippen LogP contribution < -0.4 is 5.32 Å². The molecular formula is C35H40Cl2FN5O2S. The molecule has 0 radical (unpaired) electrons. The van der Waals surface area contributed by atoms with Crippen molar-refractivity contribution in [3.8, 4) is 0 Å². The quantitative estimate of drug-likeness (QED) is 0.325. The lowest BCUT2D eigenvalue weighted by molar-refractivity contribution is -0.143. The minimum absolute atomic E-state index is 0.00720. The summed E-state index contributed by atoms with van der Waals surface area (Å²) in [5.74, 6) is -0.851. The largest absolute Gasteiger partial charge is 0.338 e. The van der Waals surface area contributed by atoms with Gasteiger partial charge in [-0.25, -0.2) is 9.38 Å². The van der Waals surface area contributed by atoms with E-state index in [-0.39, 0.29) is 34.2 Å². The lowest BCUT2D eigenvalue weighted by atomic mass is 9.81. The number of ketones is 1.